The third-order valence-electron chi connectivity index (χ3n) is 5.53. The van der Waals surface area contributed by atoms with Crippen molar-refractivity contribution in [1.82, 2.24) is 9.97 Å². The summed E-state index contributed by atoms with van der Waals surface area (Å²) in [5, 5.41) is 4.64. The number of hydrogen-bond acceptors (Lipinski definition) is 5. The van der Waals surface area contributed by atoms with Crippen molar-refractivity contribution < 1.29 is 4.79 Å². The number of carbonyl (C=O) groups is 1. The van der Waals surface area contributed by atoms with Gasteiger partial charge in [0.05, 0.1) is 21.2 Å². The number of nitrogens with zero attached hydrogens (tertiary/aromatic N) is 3. The van der Waals surface area contributed by atoms with Gasteiger partial charge in [-0.25, -0.2) is 9.97 Å². The minimum Gasteiger partial charge on any atom is -0.356 e. The number of anilines is 2. The average molecular weight is 495 g/mol. The average Bonchev–Trinajstić information content (AvgIpc) is 3.50. The van der Waals surface area contributed by atoms with Gasteiger partial charge in [-0.2, -0.15) is 0 Å². The van der Waals surface area contributed by atoms with E-state index in [1.807, 2.05) is 48.5 Å². The summed E-state index contributed by atoms with van der Waals surface area (Å²) < 4.78 is 0. The van der Waals surface area contributed by atoms with Gasteiger partial charge in [-0.1, -0.05) is 70.9 Å². The van der Waals surface area contributed by atoms with Crippen LogP contribution in [0.5, 0.6) is 0 Å². The first kappa shape index (κ1) is 21.9. The molecule has 1 saturated heterocycles. The van der Waals surface area contributed by atoms with Gasteiger partial charge in [-0.05, 0) is 37.1 Å². The van der Waals surface area contributed by atoms with Crippen LogP contribution in [0.3, 0.4) is 0 Å². The smallest absolute Gasteiger partial charge is 0.261 e. The molecular weight excluding hydrogens is 475 g/mol. The second-order valence-electron chi connectivity index (χ2n) is 7.68. The van der Waals surface area contributed by atoms with E-state index in [4.69, 9.17) is 28.2 Å². The summed E-state index contributed by atoms with van der Waals surface area (Å²) in [4.78, 5) is 25.5. The molecule has 0 atom stereocenters. The summed E-state index contributed by atoms with van der Waals surface area (Å²) in [5.74, 6) is 0.469. The van der Waals surface area contributed by atoms with Crippen molar-refractivity contribution in [2.45, 2.75) is 12.8 Å². The molecule has 4 aromatic rings. The molecule has 0 aliphatic carbocycles. The summed E-state index contributed by atoms with van der Waals surface area (Å²) in [6, 6.07) is 18.7. The lowest BCUT2D eigenvalue weighted by molar-refractivity contribution is 0.102. The number of carbonyl (C=O) groups excluding carboxylic acids is 1. The summed E-state index contributed by atoms with van der Waals surface area (Å²) in [7, 11) is 0. The Labute approximate surface area is 206 Å². The van der Waals surface area contributed by atoms with Gasteiger partial charge in [-0.3, -0.25) is 10.1 Å². The summed E-state index contributed by atoms with van der Waals surface area (Å²) in [6.45, 7) is 1.81. The first-order valence-electron chi connectivity index (χ1n) is 10.6. The van der Waals surface area contributed by atoms with Crippen molar-refractivity contribution in [1.29, 1.82) is 0 Å². The molecule has 2 aromatic carbocycles. The van der Waals surface area contributed by atoms with Crippen LogP contribution in [0.25, 0.3) is 21.7 Å². The molecule has 166 valence electrons. The molecule has 0 radical (unpaired) electrons. The van der Waals surface area contributed by atoms with Gasteiger partial charge in [0.2, 0.25) is 0 Å². The van der Waals surface area contributed by atoms with Crippen LogP contribution in [-0.4, -0.2) is 29.0 Å². The number of halogens is 2. The molecule has 0 unspecified atom stereocenters. The Morgan fingerprint density at radius 1 is 0.909 bits per heavy atom. The topological polar surface area (TPSA) is 58.1 Å². The molecule has 5 rings (SSSR count). The molecule has 0 spiro atoms. The number of thiazole rings is 1. The first-order valence-corrected chi connectivity index (χ1v) is 12.2. The summed E-state index contributed by atoms with van der Waals surface area (Å²) in [6.07, 6.45) is 3.93. The highest BCUT2D eigenvalue weighted by Gasteiger charge is 2.23. The lowest BCUT2D eigenvalue weighted by Gasteiger charge is -2.19. The van der Waals surface area contributed by atoms with Crippen LogP contribution in [0, 0.1) is 0 Å². The fourth-order valence-corrected chi connectivity index (χ4v) is 5.48. The third kappa shape index (κ3) is 4.47. The standard InChI is InChI=1S/C25H20Cl2N4OS/c26-19-11-3-1-8-16(19)21-22(17-9-2-4-12-20(17)27)33-25(29-21)30-24(32)18-10-7-13-28-23(18)31-14-5-6-15-31/h1-4,7-13H,5-6,14-15H2,(H,29,30,32). The molecule has 2 aromatic heterocycles. The van der Waals surface area contributed by atoms with Crippen molar-refractivity contribution in [3.63, 3.8) is 0 Å². The Morgan fingerprint density at radius 3 is 2.27 bits per heavy atom. The van der Waals surface area contributed by atoms with Gasteiger partial charge in [0.25, 0.3) is 5.91 Å². The Morgan fingerprint density at radius 2 is 1.58 bits per heavy atom. The number of benzene rings is 2. The highest BCUT2D eigenvalue weighted by molar-refractivity contribution is 7.19. The van der Waals surface area contributed by atoms with Crippen molar-refractivity contribution in [3.8, 4) is 21.7 Å². The molecule has 8 heteroatoms. The van der Waals surface area contributed by atoms with Crippen molar-refractivity contribution in [2.24, 2.45) is 0 Å². The maximum Gasteiger partial charge on any atom is 0.261 e. The van der Waals surface area contributed by atoms with Crippen LogP contribution in [0.4, 0.5) is 10.9 Å². The maximum atomic E-state index is 13.3. The number of pyridine rings is 1. The number of nitrogens with one attached hydrogen (secondary N) is 1. The van der Waals surface area contributed by atoms with Crippen LogP contribution in [0.1, 0.15) is 23.2 Å². The third-order valence-corrected chi connectivity index (χ3v) is 7.20. The van der Waals surface area contributed by atoms with Gasteiger partial charge >= 0.3 is 0 Å². The molecule has 3 heterocycles. The highest BCUT2D eigenvalue weighted by atomic mass is 35.5. The van der Waals surface area contributed by atoms with Crippen LogP contribution in [0.15, 0.2) is 66.9 Å². The number of amides is 1. The maximum absolute atomic E-state index is 13.3. The molecule has 1 amide bonds. The van der Waals surface area contributed by atoms with Crippen molar-refractivity contribution in [3.05, 3.63) is 82.5 Å². The molecule has 1 aliphatic rings. The molecule has 33 heavy (non-hydrogen) atoms. The molecule has 0 saturated carbocycles. The first-order chi connectivity index (χ1) is 16.1. The Kier molecular flexibility index (Phi) is 6.31. The van der Waals surface area contributed by atoms with Gasteiger partial charge in [0, 0.05) is 35.4 Å². The monoisotopic (exact) mass is 494 g/mol. The van der Waals surface area contributed by atoms with Crippen LogP contribution in [-0.2, 0) is 0 Å². The molecular formula is C25H20Cl2N4OS. The van der Waals surface area contributed by atoms with E-state index in [-0.39, 0.29) is 5.91 Å². The minimum atomic E-state index is -0.241. The number of aromatic nitrogens is 2. The lowest BCUT2D eigenvalue weighted by atomic mass is 10.1. The second-order valence-corrected chi connectivity index (χ2v) is 9.49. The summed E-state index contributed by atoms with van der Waals surface area (Å²) in [5.41, 5.74) is 2.84. The zero-order valence-corrected chi connectivity index (χ0v) is 19.9. The van der Waals surface area contributed by atoms with Gasteiger partial charge in [0.1, 0.15) is 5.82 Å². The zero-order valence-electron chi connectivity index (χ0n) is 17.6. The van der Waals surface area contributed by atoms with Gasteiger partial charge < -0.3 is 4.90 Å². The van der Waals surface area contributed by atoms with Crippen molar-refractivity contribution >= 4 is 51.4 Å². The van der Waals surface area contributed by atoms with Gasteiger partial charge in [-0.15, -0.1) is 0 Å². The predicted molar refractivity (Wildman–Crippen MR) is 137 cm³/mol. The molecule has 1 N–H and O–H groups in total. The normalized spacial score (nSPS) is 13.3. The van der Waals surface area contributed by atoms with E-state index in [0.29, 0.717) is 32.3 Å². The Balaban J connectivity index is 1.54. The number of rotatable bonds is 5. The van der Waals surface area contributed by atoms with E-state index < -0.39 is 0 Å². The lowest BCUT2D eigenvalue weighted by Crippen LogP contribution is -2.24. The van der Waals surface area contributed by atoms with E-state index in [1.54, 1.807) is 18.3 Å². The van der Waals surface area contributed by atoms with Crippen LogP contribution in [0.2, 0.25) is 10.0 Å². The van der Waals surface area contributed by atoms with Crippen LogP contribution < -0.4 is 10.2 Å². The van der Waals surface area contributed by atoms with E-state index in [2.05, 4.69) is 15.2 Å². The van der Waals surface area contributed by atoms with E-state index in [1.165, 1.54) is 11.3 Å². The summed E-state index contributed by atoms with van der Waals surface area (Å²) >= 11 is 14.4. The van der Waals surface area contributed by atoms with E-state index >= 15 is 0 Å². The highest BCUT2D eigenvalue weighted by Crippen LogP contribution is 2.43. The Hall–Kier alpha value is -2.93. The quantitative estimate of drug-likeness (QED) is 0.323. The molecule has 1 fully saturated rings. The Bertz CT molecular complexity index is 1250. The fraction of sp³-hybridized carbons (Fsp3) is 0.160. The van der Waals surface area contributed by atoms with Crippen molar-refractivity contribution in [2.75, 3.05) is 23.3 Å². The second kappa shape index (κ2) is 9.51. The minimum absolute atomic E-state index is 0.241. The van der Waals surface area contributed by atoms with Gasteiger partial charge in [0.15, 0.2) is 5.13 Å². The molecule has 0 bridgehead atoms. The zero-order chi connectivity index (χ0) is 22.8. The molecule has 5 nitrogen and oxygen atoms in total. The fourth-order valence-electron chi connectivity index (χ4n) is 3.96. The predicted octanol–water partition coefficient (Wildman–Crippen LogP) is 7.03. The van der Waals surface area contributed by atoms with Crippen LogP contribution >= 0.6 is 34.5 Å². The number of hydrogen-bond donors (Lipinski definition) is 1. The SMILES string of the molecule is O=C(Nc1nc(-c2ccccc2Cl)c(-c2ccccc2Cl)s1)c1cccnc1N1CCCC1. The van der Waals surface area contributed by atoms with E-state index in [0.717, 1.165) is 41.9 Å². The van der Waals surface area contributed by atoms with E-state index in [9.17, 15) is 4.79 Å². The molecule has 1 aliphatic heterocycles. The largest absolute Gasteiger partial charge is 0.356 e.